The average Bonchev–Trinajstić information content (AvgIpc) is 2.99. The Balaban J connectivity index is 1.94. The second-order valence-corrected chi connectivity index (χ2v) is 6.93. The molecule has 120 valence electrons. The van der Waals surface area contributed by atoms with Gasteiger partial charge in [0, 0.05) is 18.1 Å². The van der Waals surface area contributed by atoms with Crippen molar-refractivity contribution in [2.75, 3.05) is 0 Å². The molecule has 2 aromatic heterocycles. The first kappa shape index (κ1) is 15.6. The van der Waals surface area contributed by atoms with E-state index in [2.05, 4.69) is 19.9 Å². The lowest BCUT2D eigenvalue weighted by Crippen LogP contribution is -2.25. The SMILES string of the molecule is CCn1cnnc1CNS(=O)(=O)c1cccc2cc(C)cnc12. The van der Waals surface area contributed by atoms with Crippen LogP contribution in [0.5, 0.6) is 0 Å². The fourth-order valence-corrected chi connectivity index (χ4v) is 3.53. The summed E-state index contributed by atoms with van der Waals surface area (Å²) in [5, 5.41) is 8.52. The molecule has 3 rings (SSSR count). The lowest BCUT2D eigenvalue weighted by Gasteiger charge is -2.09. The number of fused-ring (bicyclic) bond motifs is 1. The molecule has 0 spiro atoms. The first-order valence-electron chi connectivity index (χ1n) is 7.23. The summed E-state index contributed by atoms with van der Waals surface area (Å²) in [6, 6.07) is 7.03. The van der Waals surface area contributed by atoms with Gasteiger partial charge in [0.05, 0.1) is 12.1 Å². The summed E-state index contributed by atoms with van der Waals surface area (Å²) in [5.41, 5.74) is 1.44. The molecule has 0 fully saturated rings. The third kappa shape index (κ3) is 3.08. The van der Waals surface area contributed by atoms with Crippen molar-refractivity contribution >= 4 is 20.9 Å². The van der Waals surface area contributed by atoms with Gasteiger partial charge in [0.2, 0.25) is 10.0 Å². The molecule has 0 atom stereocenters. The van der Waals surface area contributed by atoms with Gasteiger partial charge >= 0.3 is 0 Å². The molecule has 0 aliphatic carbocycles. The fraction of sp³-hybridized carbons (Fsp3) is 0.267. The number of pyridine rings is 1. The molecular formula is C15H17N5O2S. The van der Waals surface area contributed by atoms with Crippen LogP contribution in [0.4, 0.5) is 0 Å². The van der Waals surface area contributed by atoms with Gasteiger partial charge in [0.25, 0.3) is 0 Å². The lowest BCUT2D eigenvalue weighted by molar-refractivity contribution is 0.576. The minimum absolute atomic E-state index is 0.0818. The summed E-state index contributed by atoms with van der Waals surface area (Å²) in [6.45, 7) is 4.62. The average molecular weight is 331 g/mol. The predicted octanol–water partition coefficient (Wildman–Crippen LogP) is 1.63. The maximum Gasteiger partial charge on any atom is 0.243 e. The van der Waals surface area contributed by atoms with Crippen molar-refractivity contribution in [3.8, 4) is 0 Å². The number of aryl methyl sites for hydroxylation is 2. The van der Waals surface area contributed by atoms with Gasteiger partial charge in [0.15, 0.2) is 0 Å². The van der Waals surface area contributed by atoms with Crippen LogP contribution in [0, 0.1) is 6.92 Å². The highest BCUT2D eigenvalue weighted by Crippen LogP contribution is 2.21. The zero-order valence-corrected chi connectivity index (χ0v) is 13.7. The highest BCUT2D eigenvalue weighted by molar-refractivity contribution is 7.89. The minimum Gasteiger partial charge on any atom is -0.317 e. The molecule has 3 aromatic rings. The third-order valence-corrected chi connectivity index (χ3v) is 4.99. The first-order chi connectivity index (χ1) is 11.0. The number of hydrogen-bond acceptors (Lipinski definition) is 5. The van der Waals surface area contributed by atoms with Crippen LogP contribution in [0.3, 0.4) is 0 Å². The highest BCUT2D eigenvalue weighted by atomic mass is 32.2. The largest absolute Gasteiger partial charge is 0.317 e. The van der Waals surface area contributed by atoms with E-state index < -0.39 is 10.0 Å². The van der Waals surface area contributed by atoms with E-state index in [0.29, 0.717) is 17.9 Å². The second-order valence-electron chi connectivity index (χ2n) is 5.20. The summed E-state index contributed by atoms with van der Waals surface area (Å²) in [4.78, 5) is 4.44. The van der Waals surface area contributed by atoms with Crippen molar-refractivity contribution in [3.63, 3.8) is 0 Å². The van der Waals surface area contributed by atoms with Crippen LogP contribution in [0.25, 0.3) is 10.9 Å². The first-order valence-corrected chi connectivity index (χ1v) is 8.71. The number of benzene rings is 1. The van der Waals surface area contributed by atoms with Crippen molar-refractivity contribution in [1.82, 2.24) is 24.5 Å². The number of hydrogen-bond donors (Lipinski definition) is 1. The van der Waals surface area contributed by atoms with Gasteiger partial charge in [0.1, 0.15) is 17.0 Å². The van der Waals surface area contributed by atoms with E-state index in [-0.39, 0.29) is 11.4 Å². The lowest BCUT2D eigenvalue weighted by atomic mass is 10.2. The van der Waals surface area contributed by atoms with Crippen LogP contribution in [0.2, 0.25) is 0 Å². The fourth-order valence-electron chi connectivity index (χ4n) is 2.38. The highest BCUT2D eigenvalue weighted by Gasteiger charge is 2.19. The van der Waals surface area contributed by atoms with E-state index in [0.717, 1.165) is 10.9 Å². The number of aromatic nitrogens is 4. The number of rotatable bonds is 5. The quantitative estimate of drug-likeness (QED) is 0.767. The number of sulfonamides is 1. The van der Waals surface area contributed by atoms with Crippen molar-refractivity contribution in [3.05, 3.63) is 48.2 Å². The van der Waals surface area contributed by atoms with Crippen LogP contribution < -0.4 is 4.72 Å². The summed E-state index contributed by atoms with van der Waals surface area (Å²) in [6.07, 6.45) is 3.24. The smallest absolute Gasteiger partial charge is 0.243 e. The zero-order valence-electron chi connectivity index (χ0n) is 12.9. The maximum absolute atomic E-state index is 12.6. The molecule has 0 aliphatic heterocycles. The Kier molecular flexibility index (Phi) is 4.10. The Bertz CT molecular complexity index is 949. The minimum atomic E-state index is -3.69. The van der Waals surface area contributed by atoms with Crippen LogP contribution in [-0.4, -0.2) is 28.2 Å². The van der Waals surface area contributed by atoms with Gasteiger partial charge in [-0.25, -0.2) is 13.1 Å². The molecule has 0 saturated carbocycles. The van der Waals surface area contributed by atoms with E-state index in [9.17, 15) is 8.42 Å². The molecule has 0 bridgehead atoms. The number of nitrogens with zero attached hydrogens (tertiary/aromatic N) is 4. The molecule has 1 N–H and O–H groups in total. The molecule has 0 saturated heterocycles. The topological polar surface area (TPSA) is 89.8 Å². The summed E-state index contributed by atoms with van der Waals surface area (Å²) in [5.74, 6) is 0.570. The predicted molar refractivity (Wildman–Crippen MR) is 86.2 cm³/mol. The molecule has 0 unspecified atom stereocenters. The molecular weight excluding hydrogens is 314 g/mol. The van der Waals surface area contributed by atoms with Crippen molar-refractivity contribution in [1.29, 1.82) is 0 Å². The van der Waals surface area contributed by atoms with E-state index >= 15 is 0 Å². The summed E-state index contributed by atoms with van der Waals surface area (Å²) < 4.78 is 29.6. The van der Waals surface area contributed by atoms with E-state index in [1.807, 2.05) is 26.0 Å². The molecule has 23 heavy (non-hydrogen) atoms. The normalized spacial score (nSPS) is 11.9. The van der Waals surface area contributed by atoms with Crippen LogP contribution in [0.1, 0.15) is 18.3 Å². The van der Waals surface area contributed by atoms with E-state index in [1.165, 1.54) is 0 Å². The summed E-state index contributed by atoms with van der Waals surface area (Å²) >= 11 is 0. The Morgan fingerprint density at radius 1 is 1.30 bits per heavy atom. The Labute approximate surface area is 134 Å². The van der Waals surface area contributed by atoms with Crippen molar-refractivity contribution < 1.29 is 8.42 Å². The maximum atomic E-state index is 12.6. The van der Waals surface area contributed by atoms with Crippen LogP contribution in [0.15, 0.2) is 41.7 Å². The molecule has 8 heteroatoms. The number of nitrogens with one attached hydrogen (secondary N) is 1. The third-order valence-electron chi connectivity index (χ3n) is 3.56. The van der Waals surface area contributed by atoms with E-state index in [1.54, 1.807) is 29.2 Å². The van der Waals surface area contributed by atoms with Gasteiger partial charge in [-0.2, -0.15) is 0 Å². The molecule has 7 nitrogen and oxygen atoms in total. The Morgan fingerprint density at radius 3 is 2.91 bits per heavy atom. The standard InChI is InChI=1S/C15H17N5O2S/c1-3-20-10-17-19-14(20)9-18-23(21,22)13-6-4-5-12-7-11(2)8-16-15(12)13/h4-8,10,18H,3,9H2,1-2H3. The molecule has 0 aliphatic rings. The monoisotopic (exact) mass is 331 g/mol. The zero-order chi connectivity index (χ0) is 16.4. The van der Waals surface area contributed by atoms with Crippen molar-refractivity contribution in [2.45, 2.75) is 31.8 Å². The molecule has 1 aromatic carbocycles. The van der Waals surface area contributed by atoms with Crippen molar-refractivity contribution in [2.24, 2.45) is 0 Å². The van der Waals surface area contributed by atoms with E-state index in [4.69, 9.17) is 0 Å². The van der Waals surface area contributed by atoms with Gasteiger partial charge in [-0.3, -0.25) is 4.98 Å². The second kappa shape index (κ2) is 6.05. The van der Waals surface area contributed by atoms with Gasteiger partial charge in [-0.15, -0.1) is 10.2 Å². The van der Waals surface area contributed by atoms with Gasteiger partial charge in [-0.1, -0.05) is 12.1 Å². The number of para-hydroxylation sites is 1. The molecule has 0 amide bonds. The summed E-state index contributed by atoms with van der Waals surface area (Å²) in [7, 11) is -3.69. The Hall–Kier alpha value is -2.32. The van der Waals surface area contributed by atoms with Crippen LogP contribution >= 0.6 is 0 Å². The van der Waals surface area contributed by atoms with Gasteiger partial charge < -0.3 is 4.57 Å². The van der Waals surface area contributed by atoms with Crippen LogP contribution in [-0.2, 0) is 23.1 Å². The Morgan fingerprint density at radius 2 is 2.13 bits per heavy atom. The molecule has 2 heterocycles. The van der Waals surface area contributed by atoms with Gasteiger partial charge in [-0.05, 0) is 31.5 Å². The molecule has 0 radical (unpaired) electrons.